The van der Waals surface area contributed by atoms with E-state index in [0.717, 1.165) is 18.2 Å². The summed E-state index contributed by atoms with van der Waals surface area (Å²) in [6, 6.07) is 4.09. The SMILES string of the molecule is O=c1ccc2nc3c(nc2c1=O)c(=O)c(=O)c1c(=O)ccc(=O)c13. The fourth-order valence-corrected chi connectivity index (χ4v) is 2.66. The smallest absolute Gasteiger partial charge is 0.254 e. The minimum atomic E-state index is -1.18. The summed E-state index contributed by atoms with van der Waals surface area (Å²) < 4.78 is 0. The van der Waals surface area contributed by atoms with E-state index < -0.39 is 43.5 Å². The molecule has 0 spiro atoms. The minimum Gasteiger partial charge on any atom is -0.289 e. The number of hydrogen-bond acceptors (Lipinski definition) is 8. The van der Waals surface area contributed by atoms with E-state index >= 15 is 0 Å². The van der Waals surface area contributed by atoms with E-state index in [2.05, 4.69) is 9.97 Å². The molecule has 4 aromatic rings. The number of rotatable bonds is 0. The molecule has 0 unspecified atom stereocenters. The van der Waals surface area contributed by atoms with Crippen LogP contribution in [0, 0.1) is 0 Å². The molecule has 0 saturated carbocycles. The molecule has 24 heavy (non-hydrogen) atoms. The Balaban J connectivity index is 2.51. The first kappa shape index (κ1) is 13.9. The average molecular weight is 320 g/mol. The maximum absolute atomic E-state index is 12.2. The normalized spacial score (nSPS) is 11.5. The second-order valence-electron chi connectivity index (χ2n) is 5.15. The van der Waals surface area contributed by atoms with Crippen molar-refractivity contribution >= 4 is 32.8 Å². The van der Waals surface area contributed by atoms with Crippen LogP contribution in [0.15, 0.2) is 53.0 Å². The molecule has 0 radical (unpaired) electrons. The predicted molar refractivity (Wildman–Crippen MR) is 85.7 cm³/mol. The highest BCUT2D eigenvalue weighted by atomic mass is 16.2. The van der Waals surface area contributed by atoms with Crippen LogP contribution < -0.4 is 32.6 Å². The van der Waals surface area contributed by atoms with Gasteiger partial charge in [0.25, 0.3) is 10.9 Å². The molecule has 4 rings (SSSR count). The summed E-state index contributed by atoms with van der Waals surface area (Å²) >= 11 is 0. The van der Waals surface area contributed by atoms with Gasteiger partial charge in [-0.2, -0.15) is 0 Å². The lowest BCUT2D eigenvalue weighted by molar-refractivity contribution is 1.34. The van der Waals surface area contributed by atoms with E-state index in [4.69, 9.17) is 0 Å². The standard InChI is InChI=1S/C16H4N2O6/c19-6-3-4-7(20)10-9(6)12-13(16(24)15(10)23)18-11-5(17-12)1-2-8(21)14(11)22/h1-4H. The summed E-state index contributed by atoms with van der Waals surface area (Å²) in [5.41, 5.74) is -6.68. The van der Waals surface area contributed by atoms with Gasteiger partial charge in [0.05, 0.1) is 16.3 Å². The Morgan fingerprint density at radius 3 is 1.83 bits per heavy atom. The van der Waals surface area contributed by atoms with Crippen LogP contribution in [-0.2, 0) is 0 Å². The van der Waals surface area contributed by atoms with Crippen LogP contribution in [0.3, 0.4) is 0 Å². The predicted octanol–water partition coefficient (Wildman–Crippen LogP) is -1.59. The Morgan fingerprint density at radius 2 is 1.12 bits per heavy atom. The lowest BCUT2D eigenvalue weighted by Gasteiger charge is -2.01. The molecule has 0 aliphatic heterocycles. The zero-order valence-corrected chi connectivity index (χ0v) is 11.7. The topological polar surface area (TPSA) is 128 Å². The maximum atomic E-state index is 12.2. The molecule has 0 fully saturated rings. The third-order valence-electron chi connectivity index (χ3n) is 3.77. The lowest BCUT2D eigenvalue weighted by Crippen LogP contribution is -2.31. The maximum Gasteiger partial charge on any atom is 0.254 e. The monoisotopic (exact) mass is 320 g/mol. The zero-order valence-electron chi connectivity index (χ0n) is 11.7. The van der Waals surface area contributed by atoms with Gasteiger partial charge in [-0.25, -0.2) is 9.97 Å². The Bertz CT molecular complexity index is 1520. The van der Waals surface area contributed by atoms with Crippen LogP contribution >= 0.6 is 0 Å². The minimum absolute atomic E-state index is 0.0119. The summed E-state index contributed by atoms with van der Waals surface area (Å²) in [7, 11) is 0. The highest BCUT2D eigenvalue weighted by Gasteiger charge is 2.19. The van der Waals surface area contributed by atoms with Gasteiger partial charge in [0.15, 0.2) is 10.9 Å². The summed E-state index contributed by atoms with van der Waals surface area (Å²) in [6.45, 7) is 0. The van der Waals surface area contributed by atoms with Crippen molar-refractivity contribution in [2.45, 2.75) is 0 Å². The van der Waals surface area contributed by atoms with Crippen molar-refractivity contribution < 1.29 is 0 Å². The largest absolute Gasteiger partial charge is 0.289 e. The Kier molecular flexibility index (Phi) is 2.57. The first-order valence-corrected chi connectivity index (χ1v) is 6.69. The van der Waals surface area contributed by atoms with Crippen LogP contribution in [0.5, 0.6) is 0 Å². The molecule has 114 valence electrons. The van der Waals surface area contributed by atoms with Gasteiger partial charge in [-0.3, -0.25) is 28.8 Å². The molecule has 1 heterocycles. The second-order valence-corrected chi connectivity index (χ2v) is 5.15. The van der Waals surface area contributed by atoms with Crippen LogP contribution in [0.2, 0.25) is 0 Å². The Hall–Kier alpha value is -3.68. The molecule has 8 nitrogen and oxygen atoms in total. The zero-order chi connectivity index (χ0) is 17.2. The van der Waals surface area contributed by atoms with Crippen molar-refractivity contribution in [3.05, 3.63) is 85.6 Å². The van der Waals surface area contributed by atoms with Crippen molar-refractivity contribution in [3.8, 4) is 0 Å². The van der Waals surface area contributed by atoms with E-state index in [9.17, 15) is 28.8 Å². The number of aromatic nitrogens is 2. The molecule has 0 amide bonds. The van der Waals surface area contributed by atoms with Crippen LogP contribution in [-0.4, -0.2) is 9.97 Å². The number of nitrogens with zero attached hydrogens (tertiary/aromatic N) is 2. The summed E-state index contributed by atoms with van der Waals surface area (Å²) in [5.74, 6) is 0. The van der Waals surface area contributed by atoms with Gasteiger partial charge >= 0.3 is 0 Å². The molecule has 1 aromatic heterocycles. The van der Waals surface area contributed by atoms with Crippen LogP contribution in [0.1, 0.15) is 0 Å². The molecular formula is C16H4N2O6. The average Bonchev–Trinajstić information content (AvgIpc) is 2.57. The Labute approximate surface area is 129 Å². The molecule has 0 aliphatic carbocycles. The lowest BCUT2D eigenvalue weighted by atomic mass is 10.1. The van der Waals surface area contributed by atoms with Crippen molar-refractivity contribution in [2.24, 2.45) is 0 Å². The van der Waals surface area contributed by atoms with Crippen molar-refractivity contribution in [1.82, 2.24) is 9.97 Å². The van der Waals surface area contributed by atoms with Gasteiger partial charge in [-0.15, -0.1) is 0 Å². The first-order valence-electron chi connectivity index (χ1n) is 6.69. The molecule has 0 saturated heterocycles. The third-order valence-corrected chi connectivity index (χ3v) is 3.77. The van der Waals surface area contributed by atoms with Gasteiger partial charge in [0.1, 0.15) is 16.6 Å². The van der Waals surface area contributed by atoms with Gasteiger partial charge in [0.2, 0.25) is 10.9 Å². The third kappa shape index (κ3) is 1.62. The fourth-order valence-electron chi connectivity index (χ4n) is 2.66. The molecule has 0 N–H and O–H groups in total. The van der Waals surface area contributed by atoms with Gasteiger partial charge < -0.3 is 0 Å². The van der Waals surface area contributed by atoms with E-state index in [1.54, 1.807) is 0 Å². The Morgan fingerprint density at radius 1 is 0.500 bits per heavy atom. The summed E-state index contributed by atoms with van der Waals surface area (Å²) in [5, 5.41) is -0.855. The molecule has 0 aliphatic rings. The highest BCUT2D eigenvalue weighted by Crippen LogP contribution is 2.14. The molecule has 0 atom stereocenters. The van der Waals surface area contributed by atoms with Crippen molar-refractivity contribution in [2.75, 3.05) is 0 Å². The van der Waals surface area contributed by atoms with Gasteiger partial charge in [-0.05, 0) is 24.3 Å². The molecule has 8 heteroatoms. The van der Waals surface area contributed by atoms with Gasteiger partial charge in [0, 0.05) is 0 Å². The van der Waals surface area contributed by atoms with E-state index in [1.165, 1.54) is 6.07 Å². The van der Waals surface area contributed by atoms with E-state index in [0.29, 0.717) is 0 Å². The molecular weight excluding hydrogens is 316 g/mol. The van der Waals surface area contributed by atoms with Gasteiger partial charge in [-0.1, -0.05) is 0 Å². The number of fused-ring (bicyclic) bond motifs is 4. The highest BCUT2D eigenvalue weighted by molar-refractivity contribution is 6.05. The number of hydrogen-bond donors (Lipinski definition) is 0. The molecule has 3 aromatic carbocycles. The van der Waals surface area contributed by atoms with E-state index in [1.807, 2.05) is 0 Å². The van der Waals surface area contributed by atoms with Crippen molar-refractivity contribution in [3.63, 3.8) is 0 Å². The van der Waals surface area contributed by atoms with Crippen LogP contribution in [0.25, 0.3) is 32.8 Å². The van der Waals surface area contributed by atoms with E-state index in [-0.39, 0.29) is 21.9 Å². The second kappa shape index (κ2) is 4.42. The van der Waals surface area contributed by atoms with Crippen molar-refractivity contribution in [1.29, 1.82) is 0 Å². The first-order chi connectivity index (χ1) is 11.4. The summed E-state index contributed by atoms with van der Waals surface area (Å²) in [4.78, 5) is 79.4. The quantitative estimate of drug-likeness (QED) is 0.215. The summed E-state index contributed by atoms with van der Waals surface area (Å²) in [6.07, 6.45) is 0. The fraction of sp³-hybridized carbons (Fsp3) is 0. The molecule has 0 bridgehead atoms. The van der Waals surface area contributed by atoms with Crippen LogP contribution in [0.4, 0.5) is 0 Å². The number of benzene rings is 3.